The average molecular weight is 214 g/mol. The zero-order chi connectivity index (χ0) is 11.0. The predicted octanol–water partition coefficient (Wildman–Crippen LogP) is 3.79. The van der Waals surface area contributed by atoms with Crippen molar-refractivity contribution in [1.82, 2.24) is 0 Å². The number of carbonyl (C=O) groups is 1. The molecule has 0 N–H and O–H groups in total. The molecule has 0 spiro atoms. The molecular formula is C15H18O. The lowest BCUT2D eigenvalue weighted by molar-refractivity contribution is -0.118. The van der Waals surface area contributed by atoms with Crippen LogP contribution in [-0.2, 0) is 4.79 Å². The van der Waals surface area contributed by atoms with Crippen molar-refractivity contribution in [3.63, 3.8) is 0 Å². The summed E-state index contributed by atoms with van der Waals surface area (Å²) in [5.74, 6) is 1.42. The molecule has 84 valence electrons. The maximum Gasteiger partial charge on any atom is 0.140 e. The van der Waals surface area contributed by atoms with Gasteiger partial charge in [0, 0.05) is 12.3 Å². The van der Waals surface area contributed by atoms with E-state index in [0.29, 0.717) is 5.78 Å². The smallest absolute Gasteiger partial charge is 0.140 e. The first kappa shape index (κ1) is 10.1. The van der Waals surface area contributed by atoms with Crippen LogP contribution in [0.1, 0.15) is 61.5 Å². The van der Waals surface area contributed by atoms with Gasteiger partial charge in [0.1, 0.15) is 5.78 Å². The van der Waals surface area contributed by atoms with E-state index in [1.54, 1.807) is 0 Å². The number of Topliss-reactive ketones (excluding diaryl/α,β-unsaturated/α-hetero) is 1. The van der Waals surface area contributed by atoms with Gasteiger partial charge in [-0.25, -0.2) is 0 Å². The van der Waals surface area contributed by atoms with E-state index in [0.717, 1.165) is 25.2 Å². The Morgan fingerprint density at radius 1 is 0.938 bits per heavy atom. The molecule has 0 radical (unpaired) electrons. The molecule has 3 rings (SSSR count). The monoisotopic (exact) mass is 214 g/mol. The molecule has 1 nitrogen and oxygen atoms in total. The second kappa shape index (κ2) is 4.04. The number of hydrogen-bond acceptors (Lipinski definition) is 1. The van der Waals surface area contributed by atoms with Crippen molar-refractivity contribution in [1.29, 1.82) is 0 Å². The second-order valence-corrected chi connectivity index (χ2v) is 5.17. The minimum Gasteiger partial charge on any atom is -0.299 e. The molecule has 0 amide bonds. The molecule has 0 aromatic heterocycles. The normalized spacial score (nSPS) is 25.8. The lowest BCUT2D eigenvalue weighted by Gasteiger charge is -2.29. The maximum absolute atomic E-state index is 11.9. The molecule has 2 aliphatic rings. The molecule has 2 aliphatic carbocycles. The fourth-order valence-electron chi connectivity index (χ4n) is 3.06. The molecule has 2 fully saturated rings. The van der Waals surface area contributed by atoms with Crippen molar-refractivity contribution in [3.8, 4) is 0 Å². The van der Waals surface area contributed by atoms with Crippen LogP contribution in [0.4, 0.5) is 0 Å². The van der Waals surface area contributed by atoms with Gasteiger partial charge in [-0.1, -0.05) is 30.7 Å². The largest absolute Gasteiger partial charge is 0.299 e. The van der Waals surface area contributed by atoms with Gasteiger partial charge in [-0.05, 0) is 42.7 Å². The molecule has 1 atom stereocenters. The van der Waals surface area contributed by atoms with E-state index in [4.69, 9.17) is 0 Å². The number of carbonyl (C=O) groups excluding carboxylic acids is 1. The minimum absolute atomic E-state index is 0.219. The summed E-state index contributed by atoms with van der Waals surface area (Å²) < 4.78 is 0. The Morgan fingerprint density at radius 2 is 1.69 bits per heavy atom. The van der Waals surface area contributed by atoms with Gasteiger partial charge in [0.05, 0.1) is 0 Å². The van der Waals surface area contributed by atoms with E-state index in [2.05, 4.69) is 24.3 Å². The van der Waals surface area contributed by atoms with E-state index in [1.807, 2.05) is 0 Å². The van der Waals surface area contributed by atoms with Crippen LogP contribution in [0, 0.1) is 0 Å². The van der Waals surface area contributed by atoms with Gasteiger partial charge in [0.15, 0.2) is 0 Å². The SMILES string of the molecule is O=C1CCCC1c1ccccc1C1CCC1. The van der Waals surface area contributed by atoms with E-state index in [-0.39, 0.29) is 5.92 Å². The highest BCUT2D eigenvalue weighted by Gasteiger charge is 2.30. The summed E-state index contributed by atoms with van der Waals surface area (Å²) in [7, 11) is 0. The number of ketones is 1. The van der Waals surface area contributed by atoms with E-state index in [1.165, 1.54) is 30.4 Å². The van der Waals surface area contributed by atoms with Crippen molar-refractivity contribution in [2.75, 3.05) is 0 Å². The van der Waals surface area contributed by atoms with Crippen molar-refractivity contribution >= 4 is 5.78 Å². The molecule has 0 bridgehead atoms. The summed E-state index contributed by atoms with van der Waals surface area (Å²) in [5, 5.41) is 0. The topological polar surface area (TPSA) is 17.1 Å². The molecule has 0 aliphatic heterocycles. The summed E-state index contributed by atoms with van der Waals surface area (Å²) in [4.78, 5) is 11.9. The van der Waals surface area contributed by atoms with Gasteiger partial charge in [-0.15, -0.1) is 0 Å². The fraction of sp³-hybridized carbons (Fsp3) is 0.533. The van der Waals surface area contributed by atoms with Crippen molar-refractivity contribution in [2.24, 2.45) is 0 Å². The van der Waals surface area contributed by atoms with E-state index < -0.39 is 0 Å². The van der Waals surface area contributed by atoms with Gasteiger partial charge >= 0.3 is 0 Å². The highest BCUT2D eigenvalue weighted by atomic mass is 16.1. The fourth-order valence-corrected chi connectivity index (χ4v) is 3.06. The van der Waals surface area contributed by atoms with Gasteiger partial charge in [-0.3, -0.25) is 4.79 Å². The Kier molecular flexibility index (Phi) is 2.55. The van der Waals surface area contributed by atoms with Gasteiger partial charge in [-0.2, -0.15) is 0 Å². The van der Waals surface area contributed by atoms with Crippen LogP contribution >= 0.6 is 0 Å². The highest BCUT2D eigenvalue weighted by Crippen LogP contribution is 2.42. The van der Waals surface area contributed by atoms with Gasteiger partial charge in [0.25, 0.3) is 0 Å². The van der Waals surface area contributed by atoms with Crippen molar-refractivity contribution in [3.05, 3.63) is 35.4 Å². The zero-order valence-electron chi connectivity index (χ0n) is 9.61. The third-order valence-electron chi connectivity index (χ3n) is 4.22. The Bertz CT molecular complexity index is 404. The van der Waals surface area contributed by atoms with Gasteiger partial charge < -0.3 is 0 Å². The third kappa shape index (κ3) is 1.59. The summed E-state index contributed by atoms with van der Waals surface area (Å²) in [6, 6.07) is 8.63. The standard InChI is InChI=1S/C15H18O/c16-15-10-4-9-14(15)13-8-2-1-7-12(13)11-5-3-6-11/h1-2,7-8,11,14H,3-6,9-10H2. The summed E-state index contributed by atoms with van der Waals surface area (Å²) in [6.07, 6.45) is 6.95. The van der Waals surface area contributed by atoms with Crippen LogP contribution in [0.2, 0.25) is 0 Å². The van der Waals surface area contributed by atoms with Crippen molar-refractivity contribution in [2.45, 2.75) is 50.4 Å². The maximum atomic E-state index is 11.9. The predicted molar refractivity (Wildman–Crippen MR) is 64.6 cm³/mol. The van der Waals surface area contributed by atoms with Crippen molar-refractivity contribution < 1.29 is 4.79 Å². The van der Waals surface area contributed by atoms with E-state index >= 15 is 0 Å². The molecule has 2 saturated carbocycles. The average Bonchev–Trinajstić information content (AvgIpc) is 2.63. The Morgan fingerprint density at radius 3 is 2.25 bits per heavy atom. The Balaban J connectivity index is 1.95. The van der Waals surface area contributed by atoms with Crippen LogP contribution in [0.5, 0.6) is 0 Å². The van der Waals surface area contributed by atoms with Gasteiger partial charge in [0.2, 0.25) is 0 Å². The van der Waals surface area contributed by atoms with Crippen LogP contribution in [0.15, 0.2) is 24.3 Å². The molecule has 1 aromatic carbocycles. The molecule has 1 unspecified atom stereocenters. The first-order valence-corrected chi connectivity index (χ1v) is 6.48. The quantitative estimate of drug-likeness (QED) is 0.732. The minimum atomic E-state index is 0.219. The van der Waals surface area contributed by atoms with Crippen LogP contribution in [0.3, 0.4) is 0 Å². The summed E-state index contributed by atoms with van der Waals surface area (Å²) >= 11 is 0. The summed E-state index contributed by atoms with van der Waals surface area (Å²) in [5.41, 5.74) is 2.81. The first-order chi connectivity index (χ1) is 7.86. The highest BCUT2D eigenvalue weighted by molar-refractivity contribution is 5.88. The molecule has 1 heteroatoms. The lowest BCUT2D eigenvalue weighted by Crippen LogP contribution is -2.14. The number of benzene rings is 1. The van der Waals surface area contributed by atoms with Crippen LogP contribution < -0.4 is 0 Å². The molecule has 16 heavy (non-hydrogen) atoms. The molecule has 0 heterocycles. The molecule has 0 saturated heterocycles. The van der Waals surface area contributed by atoms with Crippen LogP contribution in [-0.4, -0.2) is 5.78 Å². The lowest BCUT2D eigenvalue weighted by atomic mass is 9.76. The molecular weight excluding hydrogens is 196 g/mol. The van der Waals surface area contributed by atoms with Crippen LogP contribution in [0.25, 0.3) is 0 Å². The first-order valence-electron chi connectivity index (χ1n) is 6.48. The number of rotatable bonds is 2. The second-order valence-electron chi connectivity index (χ2n) is 5.17. The Hall–Kier alpha value is -1.11. The zero-order valence-corrected chi connectivity index (χ0v) is 9.61. The molecule has 1 aromatic rings. The van der Waals surface area contributed by atoms with E-state index in [9.17, 15) is 4.79 Å². The number of hydrogen-bond donors (Lipinski definition) is 0. The Labute approximate surface area is 96.9 Å². The summed E-state index contributed by atoms with van der Waals surface area (Å²) in [6.45, 7) is 0. The third-order valence-corrected chi connectivity index (χ3v) is 4.22.